The van der Waals surface area contributed by atoms with Gasteiger partial charge in [-0.25, -0.2) is 0 Å². The first kappa shape index (κ1) is 22.8. The molecule has 172 valence electrons. The quantitative estimate of drug-likeness (QED) is 0.501. The lowest BCUT2D eigenvalue weighted by Gasteiger charge is -2.56. The van der Waals surface area contributed by atoms with E-state index in [1.54, 1.807) is 5.57 Å². The molecule has 3 fully saturated rings. The van der Waals surface area contributed by atoms with E-state index < -0.39 is 0 Å². The second-order valence-corrected chi connectivity index (χ2v) is 12.2. The Bertz CT molecular complexity index is 656. The number of hydrogen-bond donors (Lipinski definition) is 3. The molecule has 0 aromatic rings. The summed E-state index contributed by atoms with van der Waals surface area (Å²) >= 11 is 0. The minimum absolute atomic E-state index is 0.0954. The molecule has 0 saturated heterocycles. The molecule has 0 spiro atoms. The molecule has 0 amide bonds. The van der Waals surface area contributed by atoms with Crippen LogP contribution in [0.4, 0.5) is 0 Å². The van der Waals surface area contributed by atoms with E-state index in [1.807, 2.05) is 0 Å². The Morgan fingerprint density at radius 3 is 2.50 bits per heavy atom. The third-order valence-corrected chi connectivity index (χ3v) is 10.4. The molecule has 3 saturated carbocycles. The zero-order chi connectivity index (χ0) is 21.7. The largest absolute Gasteiger partial charge is 0.396 e. The van der Waals surface area contributed by atoms with Crippen LogP contribution in [-0.4, -0.2) is 34.1 Å². The third-order valence-electron chi connectivity index (χ3n) is 10.4. The van der Waals surface area contributed by atoms with Gasteiger partial charge in [-0.3, -0.25) is 0 Å². The fourth-order valence-corrected chi connectivity index (χ4v) is 8.52. The predicted octanol–water partition coefficient (Wildman–Crippen LogP) is 5.48. The highest BCUT2D eigenvalue weighted by atomic mass is 16.3. The fraction of sp³-hybridized carbons (Fsp3) is 0.926. The van der Waals surface area contributed by atoms with Crippen LogP contribution in [0.15, 0.2) is 11.1 Å². The molecule has 4 unspecified atom stereocenters. The van der Waals surface area contributed by atoms with Crippen LogP contribution in [0.5, 0.6) is 0 Å². The zero-order valence-electron chi connectivity index (χ0n) is 19.9. The summed E-state index contributed by atoms with van der Waals surface area (Å²) in [5.74, 6) is 2.89. The first-order valence-corrected chi connectivity index (χ1v) is 12.9. The highest BCUT2D eigenvalue weighted by Crippen LogP contribution is 2.65. The normalized spacial score (nSPS) is 45.5. The second kappa shape index (κ2) is 8.52. The SMILES string of the molecule is CC(CO)CCC[C@@H](C)[C@H]1CC(O)C2=C3CCC4CC(O)CC[C@]4(C)[C@H]3CC[C@@]21C. The molecule has 0 aromatic heterocycles. The van der Waals surface area contributed by atoms with Crippen molar-refractivity contribution in [3.63, 3.8) is 0 Å². The lowest BCUT2D eigenvalue weighted by atomic mass is 9.48. The van der Waals surface area contributed by atoms with Crippen molar-refractivity contribution in [2.45, 2.75) is 111 Å². The number of aliphatic hydroxyl groups is 3. The van der Waals surface area contributed by atoms with Crippen LogP contribution in [0.2, 0.25) is 0 Å². The number of hydrogen-bond acceptors (Lipinski definition) is 3. The van der Waals surface area contributed by atoms with Crippen molar-refractivity contribution in [1.29, 1.82) is 0 Å². The summed E-state index contributed by atoms with van der Waals surface area (Å²) in [6.45, 7) is 9.81. The molecule has 4 aliphatic carbocycles. The van der Waals surface area contributed by atoms with Crippen molar-refractivity contribution in [2.24, 2.45) is 40.4 Å². The van der Waals surface area contributed by atoms with Gasteiger partial charge in [0.05, 0.1) is 12.2 Å². The number of allylic oxidation sites excluding steroid dienone is 1. The molecule has 0 bridgehead atoms. The highest BCUT2D eigenvalue weighted by molar-refractivity contribution is 5.37. The summed E-state index contributed by atoms with van der Waals surface area (Å²) < 4.78 is 0. The minimum Gasteiger partial charge on any atom is -0.396 e. The Labute approximate surface area is 184 Å². The van der Waals surface area contributed by atoms with Crippen LogP contribution >= 0.6 is 0 Å². The van der Waals surface area contributed by atoms with E-state index in [4.69, 9.17) is 0 Å². The summed E-state index contributed by atoms with van der Waals surface area (Å²) in [6, 6.07) is 0. The Morgan fingerprint density at radius 2 is 1.77 bits per heavy atom. The Kier molecular flexibility index (Phi) is 6.48. The average molecular weight is 419 g/mol. The molecular formula is C27H46O3. The summed E-state index contributed by atoms with van der Waals surface area (Å²) in [5, 5.41) is 30.8. The van der Waals surface area contributed by atoms with E-state index in [0.29, 0.717) is 41.6 Å². The standard InChI is InChI=1S/C27H46O3/c1-17(16-28)6-5-7-18(2)23-15-24(30)25-21-9-8-19-14-20(29)10-12-26(19,3)22(21)11-13-27(23,25)4/h17-20,22-24,28-30H,5-16H2,1-4H3/t17?,18-,19?,20?,22+,23-,24?,26+,27-/m1/s1. The van der Waals surface area contributed by atoms with Gasteiger partial charge < -0.3 is 15.3 Å². The molecule has 0 aliphatic heterocycles. The van der Waals surface area contributed by atoms with Gasteiger partial charge in [0.15, 0.2) is 0 Å². The van der Waals surface area contributed by atoms with E-state index in [9.17, 15) is 15.3 Å². The Hall–Kier alpha value is -0.380. The van der Waals surface area contributed by atoms with Gasteiger partial charge in [0, 0.05) is 6.61 Å². The zero-order valence-corrected chi connectivity index (χ0v) is 19.9. The lowest BCUT2D eigenvalue weighted by Crippen LogP contribution is -2.48. The highest BCUT2D eigenvalue weighted by Gasteiger charge is 2.57. The molecule has 30 heavy (non-hydrogen) atoms. The molecule has 3 nitrogen and oxygen atoms in total. The first-order valence-electron chi connectivity index (χ1n) is 12.9. The molecule has 9 atom stereocenters. The van der Waals surface area contributed by atoms with Crippen LogP contribution in [0.3, 0.4) is 0 Å². The van der Waals surface area contributed by atoms with E-state index >= 15 is 0 Å². The molecule has 4 rings (SSSR count). The molecule has 3 heteroatoms. The van der Waals surface area contributed by atoms with E-state index in [2.05, 4.69) is 27.7 Å². The van der Waals surface area contributed by atoms with Gasteiger partial charge in [0.1, 0.15) is 0 Å². The van der Waals surface area contributed by atoms with Crippen molar-refractivity contribution in [1.82, 2.24) is 0 Å². The Balaban J connectivity index is 1.55. The molecular weight excluding hydrogens is 372 g/mol. The number of fused-ring (bicyclic) bond motifs is 4. The molecule has 0 aromatic carbocycles. The maximum absolute atomic E-state index is 11.3. The maximum atomic E-state index is 11.3. The van der Waals surface area contributed by atoms with Crippen LogP contribution in [0.1, 0.15) is 98.3 Å². The minimum atomic E-state index is -0.244. The van der Waals surface area contributed by atoms with Gasteiger partial charge in [-0.1, -0.05) is 46.1 Å². The molecule has 0 heterocycles. The van der Waals surface area contributed by atoms with Gasteiger partial charge in [-0.05, 0) is 104 Å². The summed E-state index contributed by atoms with van der Waals surface area (Å²) in [5.41, 5.74) is 3.58. The molecule has 3 N–H and O–H groups in total. The topological polar surface area (TPSA) is 60.7 Å². The maximum Gasteiger partial charge on any atom is 0.0761 e. The summed E-state index contributed by atoms with van der Waals surface area (Å²) in [6.07, 6.45) is 12.0. The summed E-state index contributed by atoms with van der Waals surface area (Å²) in [4.78, 5) is 0. The second-order valence-electron chi connectivity index (χ2n) is 12.2. The first-order chi connectivity index (χ1) is 14.2. The van der Waals surface area contributed by atoms with Crippen molar-refractivity contribution >= 4 is 0 Å². The summed E-state index contributed by atoms with van der Waals surface area (Å²) in [7, 11) is 0. The van der Waals surface area contributed by atoms with Gasteiger partial charge in [-0.15, -0.1) is 0 Å². The molecule has 4 aliphatic rings. The van der Waals surface area contributed by atoms with E-state index in [-0.39, 0.29) is 17.6 Å². The fourth-order valence-electron chi connectivity index (χ4n) is 8.52. The Morgan fingerprint density at radius 1 is 1.00 bits per heavy atom. The lowest BCUT2D eigenvalue weighted by molar-refractivity contribution is -0.0386. The number of aliphatic hydroxyl groups excluding tert-OH is 3. The van der Waals surface area contributed by atoms with Gasteiger partial charge in [0.25, 0.3) is 0 Å². The third kappa shape index (κ3) is 3.71. The van der Waals surface area contributed by atoms with Gasteiger partial charge in [0.2, 0.25) is 0 Å². The monoisotopic (exact) mass is 418 g/mol. The van der Waals surface area contributed by atoms with Crippen LogP contribution in [0, 0.1) is 40.4 Å². The van der Waals surface area contributed by atoms with Gasteiger partial charge >= 0.3 is 0 Å². The average Bonchev–Trinajstić information content (AvgIpc) is 2.99. The van der Waals surface area contributed by atoms with Crippen LogP contribution in [-0.2, 0) is 0 Å². The van der Waals surface area contributed by atoms with Crippen molar-refractivity contribution in [2.75, 3.05) is 6.61 Å². The molecule has 0 radical (unpaired) electrons. The van der Waals surface area contributed by atoms with Gasteiger partial charge in [-0.2, -0.15) is 0 Å². The van der Waals surface area contributed by atoms with E-state index in [1.165, 1.54) is 37.7 Å². The predicted molar refractivity (Wildman–Crippen MR) is 122 cm³/mol. The van der Waals surface area contributed by atoms with Crippen LogP contribution in [0.25, 0.3) is 0 Å². The van der Waals surface area contributed by atoms with E-state index in [0.717, 1.165) is 38.5 Å². The van der Waals surface area contributed by atoms with Crippen molar-refractivity contribution < 1.29 is 15.3 Å². The van der Waals surface area contributed by atoms with Crippen LogP contribution < -0.4 is 0 Å². The van der Waals surface area contributed by atoms with Crippen molar-refractivity contribution in [3.8, 4) is 0 Å². The smallest absolute Gasteiger partial charge is 0.0761 e. The number of rotatable bonds is 6. The van der Waals surface area contributed by atoms with Crippen molar-refractivity contribution in [3.05, 3.63) is 11.1 Å².